The number of esters is 2. The van der Waals surface area contributed by atoms with Crippen LogP contribution in [0.4, 0.5) is 0 Å². The summed E-state index contributed by atoms with van der Waals surface area (Å²) in [6.45, 7) is 18.7. The van der Waals surface area contributed by atoms with Crippen LogP contribution < -0.4 is 0 Å². The third kappa shape index (κ3) is 9.08. The van der Waals surface area contributed by atoms with E-state index in [1.54, 1.807) is 0 Å². The van der Waals surface area contributed by atoms with Crippen molar-refractivity contribution in [3.63, 3.8) is 0 Å². The van der Waals surface area contributed by atoms with E-state index in [9.17, 15) is 9.59 Å². The summed E-state index contributed by atoms with van der Waals surface area (Å²) in [6.07, 6.45) is 5.73. The zero-order valence-electron chi connectivity index (χ0n) is 17.7. The van der Waals surface area contributed by atoms with Gasteiger partial charge < -0.3 is 9.47 Å². The third-order valence-electron chi connectivity index (χ3n) is 4.23. The van der Waals surface area contributed by atoms with Crippen molar-refractivity contribution in [1.82, 2.24) is 0 Å². The molecule has 4 heteroatoms. The lowest BCUT2D eigenvalue weighted by Gasteiger charge is -2.32. The van der Waals surface area contributed by atoms with Crippen LogP contribution >= 0.6 is 0 Å². The van der Waals surface area contributed by atoms with Crippen LogP contribution in [0.2, 0.25) is 0 Å². The summed E-state index contributed by atoms with van der Waals surface area (Å²) in [5.74, 6) is -0.447. The number of allylic oxidation sites excluding steroid dienone is 2. The molecule has 0 spiro atoms. The molecule has 0 rings (SSSR count). The Morgan fingerprint density at radius 2 is 1.36 bits per heavy atom. The highest BCUT2D eigenvalue weighted by atomic mass is 16.5. The van der Waals surface area contributed by atoms with E-state index >= 15 is 0 Å². The van der Waals surface area contributed by atoms with Crippen LogP contribution in [-0.2, 0) is 19.1 Å². The van der Waals surface area contributed by atoms with Crippen LogP contribution in [0, 0.1) is 22.2 Å². The van der Waals surface area contributed by atoms with Crippen LogP contribution in [0.5, 0.6) is 0 Å². The first-order valence-corrected chi connectivity index (χ1v) is 9.30. The minimum atomic E-state index is -0.535. The highest BCUT2D eigenvalue weighted by Crippen LogP contribution is 2.37. The molecular weight excluding hydrogens is 316 g/mol. The molecule has 0 aliphatic heterocycles. The molecule has 0 saturated carbocycles. The van der Waals surface area contributed by atoms with Gasteiger partial charge in [0.05, 0.1) is 24.5 Å². The fourth-order valence-corrected chi connectivity index (χ4v) is 3.27. The molecule has 0 N–H and O–H groups in total. The molecule has 0 amide bonds. The summed E-state index contributed by atoms with van der Waals surface area (Å²) < 4.78 is 10.3. The van der Waals surface area contributed by atoms with Crippen molar-refractivity contribution >= 4 is 11.9 Å². The highest BCUT2D eigenvalue weighted by Gasteiger charge is 2.35. The molecule has 0 heterocycles. The van der Waals surface area contributed by atoms with E-state index in [1.165, 1.54) is 0 Å². The predicted molar refractivity (Wildman–Crippen MR) is 102 cm³/mol. The largest absolute Gasteiger partial charge is 0.466 e. The van der Waals surface area contributed by atoms with Gasteiger partial charge in [0, 0.05) is 0 Å². The van der Waals surface area contributed by atoms with Crippen molar-refractivity contribution in [1.29, 1.82) is 0 Å². The Kier molecular flexibility index (Phi) is 8.90. The second kappa shape index (κ2) is 9.40. The van der Waals surface area contributed by atoms with Gasteiger partial charge in [-0.1, -0.05) is 46.8 Å². The maximum atomic E-state index is 12.1. The Bertz CT molecular complexity index is 472. The van der Waals surface area contributed by atoms with Crippen LogP contribution in [0.1, 0.15) is 75.2 Å². The summed E-state index contributed by atoms with van der Waals surface area (Å²) in [7, 11) is 0. The van der Waals surface area contributed by atoms with Crippen molar-refractivity contribution in [3.05, 3.63) is 12.2 Å². The van der Waals surface area contributed by atoms with Gasteiger partial charge in [0.25, 0.3) is 0 Å². The first-order chi connectivity index (χ1) is 11.3. The minimum absolute atomic E-state index is 0.127. The molecule has 0 aliphatic rings. The molecule has 0 aromatic carbocycles. The number of carbonyl (C=O) groups is 2. The Balaban J connectivity index is 4.95. The van der Waals surface area contributed by atoms with Gasteiger partial charge in [-0.25, -0.2) is 0 Å². The zero-order chi connectivity index (χ0) is 19.9. The Hall–Kier alpha value is -1.32. The topological polar surface area (TPSA) is 52.6 Å². The van der Waals surface area contributed by atoms with Crippen molar-refractivity contribution in [2.24, 2.45) is 22.2 Å². The van der Waals surface area contributed by atoms with E-state index in [4.69, 9.17) is 9.47 Å². The monoisotopic (exact) mass is 354 g/mol. The molecule has 1 atom stereocenters. The molecule has 25 heavy (non-hydrogen) atoms. The van der Waals surface area contributed by atoms with Crippen molar-refractivity contribution in [3.8, 4) is 0 Å². The Morgan fingerprint density at radius 3 is 1.84 bits per heavy atom. The van der Waals surface area contributed by atoms with E-state index in [1.807, 2.05) is 34.6 Å². The van der Waals surface area contributed by atoms with Crippen LogP contribution in [0.3, 0.4) is 0 Å². The molecular formula is C21H38O4. The summed E-state index contributed by atoms with van der Waals surface area (Å²) in [4.78, 5) is 24.0. The van der Waals surface area contributed by atoms with Gasteiger partial charge >= 0.3 is 11.9 Å². The van der Waals surface area contributed by atoms with Crippen LogP contribution in [0.25, 0.3) is 0 Å². The number of carbonyl (C=O) groups excluding carboxylic acids is 2. The second-order valence-electron chi connectivity index (χ2n) is 8.95. The van der Waals surface area contributed by atoms with Gasteiger partial charge in [-0.15, -0.1) is 0 Å². The third-order valence-corrected chi connectivity index (χ3v) is 4.23. The fourth-order valence-electron chi connectivity index (χ4n) is 3.27. The summed E-state index contributed by atoms with van der Waals surface area (Å²) in [5.41, 5.74) is -0.815. The van der Waals surface area contributed by atoms with Gasteiger partial charge in [-0.05, 0) is 51.4 Å². The van der Waals surface area contributed by atoms with E-state index in [0.29, 0.717) is 19.6 Å². The number of hydrogen-bond acceptors (Lipinski definition) is 4. The molecule has 0 aromatic heterocycles. The van der Waals surface area contributed by atoms with Crippen LogP contribution in [-0.4, -0.2) is 25.2 Å². The quantitative estimate of drug-likeness (QED) is 0.401. The van der Waals surface area contributed by atoms with Crippen molar-refractivity contribution < 1.29 is 19.1 Å². The lowest BCUT2D eigenvalue weighted by Crippen LogP contribution is -2.31. The number of ether oxygens (including phenoxy) is 2. The smallest absolute Gasteiger partial charge is 0.311 e. The molecule has 0 aliphatic carbocycles. The van der Waals surface area contributed by atoms with Gasteiger partial charge in [-0.3, -0.25) is 9.59 Å². The highest BCUT2D eigenvalue weighted by molar-refractivity contribution is 5.76. The number of rotatable bonds is 10. The predicted octanol–water partition coefficient (Wildman–Crippen LogP) is 5.16. The summed E-state index contributed by atoms with van der Waals surface area (Å²) >= 11 is 0. The molecule has 0 saturated heterocycles. The molecule has 0 bridgehead atoms. The van der Waals surface area contributed by atoms with Crippen molar-refractivity contribution in [2.75, 3.05) is 13.2 Å². The average molecular weight is 355 g/mol. The zero-order valence-corrected chi connectivity index (χ0v) is 17.7. The first kappa shape index (κ1) is 23.7. The Morgan fingerprint density at radius 1 is 0.880 bits per heavy atom. The molecule has 0 radical (unpaired) electrons. The molecule has 1 unspecified atom stereocenters. The summed E-state index contributed by atoms with van der Waals surface area (Å²) in [5, 5.41) is 0. The van der Waals surface area contributed by atoms with Gasteiger partial charge in [0.2, 0.25) is 0 Å². The van der Waals surface area contributed by atoms with Gasteiger partial charge in [-0.2, -0.15) is 0 Å². The second-order valence-corrected chi connectivity index (χ2v) is 8.95. The van der Waals surface area contributed by atoms with Gasteiger partial charge in [0.15, 0.2) is 0 Å². The lowest BCUT2D eigenvalue weighted by atomic mass is 9.73. The van der Waals surface area contributed by atoms with E-state index in [-0.39, 0.29) is 28.7 Å². The lowest BCUT2D eigenvalue weighted by molar-refractivity contribution is -0.154. The Labute approximate surface area is 154 Å². The molecule has 4 nitrogen and oxygen atoms in total. The summed E-state index contributed by atoms with van der Waals surface area (Å²) in [6, 6.07) is 0. The normalized spacial score (nSPS) is 14.4. The SMILES string of the molecule is CCOC(=O)C(C)CC(C)(C)/C=C/C(C)(C)CC(C)(C)C(=O)OCC. The van der Waals surface area contributed by atoms with E-state index in [0.717, 1.165) is 6.42 Å². The fraction of sp³-hybridized carbons (Fsp3) is 0.810. The molecule has 0 fully saturated rings. The number of hydrogen-bond donors (Lipinski definition) is 0. The molecule has 146 valence electrons. The van der Waals surface area contributed by atoms with Crippen LogP contribution in [0.15, 0.2) is 12.2 Å². The first-order valence-electron chi connectivity index (χ1n) is 9.30. The van der Waals surface area contributed by atoms with E-state index < -0.39 is 5.41 Å². The van der Waals surface area contributed by atoms with E-state index in [2.05, 4.69) is 39.8 Å². The van der Waals surface area contributed by atoms with Crippen molar-refractivity contribution in [2.45, 2.75) is 75.2 Å². The minimum Gasteiger partial charge on any atom is -0.466 e. The van der Waals surface area contributed by atoms with Gasteiger partial charge in [0.1, 0.15) is 0 Å². The average Bonchev–Trinajstić information content (AvgIpc) is 2.44. The standard InChI is InChI=1S/C21H38O4/c1-10-24-17(22)16(3)14-19(4,5)12-13-20(6,7)15-21(8,9)18(23)25-11-2/h12-13,16H,10-11,14-15H2,1-9H3/b13-12+. The molecule has 0 aromatic rings. The maximum Gasteiger partial charge on any atom is 0.311 e. The maximum absolute atomic E-state index is 12.1.